The molecule has 5 rings (SSSR count). The minimum Gasteiger partial charge on any atom is -0.497 e. The van der Waals surface area contributed by atoms with Crippen molar-refractivity contribution in [3.63, 3.8) is 0 Å². The fraction of sp³-hybridized carbons (Fsp3) is 0.154. The number of aromatic amines is 1. The molecule has 0 saturated heterocycles. The van der Waals surface area contributed by atoms with Crippen LogP contribution in [-0.2, 0) is 13.0 Å². The standard InChI is InChI=1S/C26H23FN4O/c1-32-21-6-4-5-18(14-21)26-19(13-17-9-10-20(27)15-24(17)31-26)16-28-12-11-25-29-22-7-2-3-8-23(22)30-25/h2-10,13-15,28H,11-12,16H2,1H3,(H,29,30). The molecule has 5 aromatic rings. The second-order valence-corrected chi connectivity index (χ2v) is 7.69. The first-order valence-corrected chi connectivity index (χ1v) is 10.6. The summed E-state index contributed by atoms with van der Waals surface area (Å²) >= 11 is 0. The second-order valence-electron chi connectivity index (χ2n) is 7.69. The average Bonchev–Trinajstić information content (AvgIpc) is 3.24. The number of imidazole rings is 1. The van der Waals surface area contributed by atoms with Gasteiger partial charge in [-0.1, -0.05) is 24.3 Å². The minimum absolute atomic E-state index is 0.293. The monoisotopic (exact) mass is 426 g/mol. The molecule has 5 nitrogen and oxygen atoms in total. The van der Waals surface area contributed by atoms with Crippen molar-refractivity contribution in [2.45, 2.75) is 13.0 Å². The third-order valence-corrected chi connectivity index (χ3v) is 5.49. The Morgan fingerprint density at radius 1 is 0.938 bits per heavy atom. The number of hydrogen-bond acceptors (Lipinski definition) is 4. The molecule has 0 aliphatic carbocycles. The topological polar surface area (TPSA) is 62.8 Å². The Bertz CT molecular complexity index is 1360. The number of methoxy groups -OCH3 is 1. The molecule has 2 aromatic heterocycles. The van der Waals surface area contributed by atoms with E-state index in [4.69, 9.17) is 9.72 Å². The van der Waals surface area contributed by atoms with Crippen LogP contribution in [0.1, 0.15) is 11.4 Å². The van der Waals surface area contributed by atoms with E-state index < -0.39 is 0 Å². The average molecular weight is 426 g/mol. The van der Waals surface area contributed by atoms with E-state index in [9.17, 15) is 4.39 Å². The molecule has 6 heteroatoms. The van der Waals surface area contributed by atoms with Gasteiger partial charge in [0, 0.05) is 36.5 Å². The molecule has 0 amide bonds. The third-order valence-electron chi connectivity index (χ3n) is 5.49. The van der Waals surface area contributed by atoms with Gasteiger partial charge in [-0.15, -0.1) is 0 Å². The summed E-state index contributed by atoms with van der Waals surface area (Å²) in [7, 11) is 1.64. The van der Waals surface area contributed by atoms with Crippen LogP contribution in [0, 0.1) is 5.82 Å². The highest BCUT2D eigenvalue weighted by atomic mass is 19.1. The number of nitrogens with zero attached hydrogens (tertiary/aromatic N) is 2. The van der Waals surface area contributed by atoms with Crippen LogP contribution >= 0.6 is 0 Å². The van der Waals surface area contributed by atoms with Gasteiger partial charge in [0.15, 0.2) is 0 Å². The molecule has 0 aliphatic heterocycles. The van der Waals surface area contributed by atoms with E-state index in [-0.39, 0.29) is 5.82 Å². The summed E-state index contributed by atoms with van der Waals surface area (Å²) in [6.45, 7) is 1.39. The van der Waals surface area contributed by atoms with Gasteiger partial charge in [-0.3, -0.25) is 0 Å². The van der Waals surface area contributed by atoms with Gasteiger partial charge in [0.1, 0.15) is 17.4 Å². The van der Waals surface area contributed by atoms with E-state index in [0.717, 1.165) is 57.8 Å². The van der Waals surface area contributed by atoms with Crippen molar-refractivity contribution in [1.29, 1.82) is 0 Å². The zero-order chi connectivity index (χ0) is 21.9. The van der Waals surface area contributed by atoms with Gasteiger partial charge in [-0.05, 0) is 48.0 Å². The molecule has 0 spiro atoms. The second kappa shape index (κ2) is 8.77. The quantitative estimate of drug-likeness (QED) is 0.349. The highest BCUT2D eigenvalue weighted by Crippen LogP contribution is 2.28. The Morgan fingerprint density at radius 2 is 1.84 bits per heavy atom. The summed E-state index contributed by atoms with van der Waals surface area (Å²) < 4.78 is 19.2. The molecule has 2 N–H and O–H groups in total. The van der Waals surface area contributed by atoms with Crippen molar-refractivity contribution in [1.82, 2.24) is 20.3 Å². The summed E-state index contributed by atoms with van der Waals surface area (Å²) in [5.74, 6) is 1.42. The SMILES string of the molecule is COc1cccc(-c2nc3cc(F)ccc3cc2CNCCc2nc3ccccc3[nH]2)c1. The van der Waals surface area contributed by atoms with Crippen molar-refractivity contribution >= 4 is 21.9 Å². The van der Waals surface area contributed by atoms with Crippen molar-refractivity contribution in [3.8, 4) is 17.0 Å². The third kappa shape index (κ3) is 4.18. The first kappa shape index (κ1) is 20.2. The Hall–Kier alpha value is -3.77. The van der Waals surface area contributed by atoms with Crippen LogP contribution < -0.4 is 10.1 Å². The van der Waals surface area contributed by atoms with Crippen molar-refractivity contribution < 1.29 is 9.13 Å². The summed E-state index contributed by atoms with van der Waals surface area (Å²) in [6.07, 6.45) is 0.787. The molecule has 0 saturated carbocycles. The van der Waals surface area contributed by atoms with Crippen LogP contribution in [0.25, 0.3) is 33.2 Å². The lowest BCUT2D eigenvalue weighted by Gasteiger charge is -2.13. The lowest BCUT2D eigenvalue weighted by Crippen LogP contribution is -2.18. The maximum Gasteiger partial charge on any atom is 0.125 e. The normalized spacial score (nSPS) is 11.3. The van der Waals surface area contributed by atoms with Gasteiger partial charge in [-0.2, -0.15) is 0 Å². The molecule has 32 heavy (non-hydrogen) atoms. The first-order valence-electron chi connectivity index (χ1n) is 10.6. The lowest BCUT2D eigenvalue weighted by atomic mass is 10.0. The largest absolute Gasteiger partial charge is 0.497 e. The van der Waals surface area contributed by atoms with Crippen LogP contribution in [0.15, 0.2) is 72.8 Å². The van der Waals surface area contributed by atoms with E-state index >= 15 is 0 Å². The lowest BCUT2D eigenvalue weighted by molar-refractivity contribution is 0.415. The van der Waals surface area contributed by atoms with Crippen molar-refractivity contribution in [2.24, 2.45) is 0 Å². The fourth-order valence-electron chi connectivity index (χ4n) is 3.89. The Labute approximate surface area is 185 Å². The summed E-state index contributed by atoms with van der Waals surface area (Å²) in [5.41, 5.74) is 5.46. The number of H-pyrrole nitrogens is 1. The number of para-hydroxylation sites is 2. The first-order chi connectivity index (χ1) is 15.7. The predicted molar refractivity (Wildman–Crippen MR) is 125 cm³/mol. The van der Waals surface area contributed by atoms with Crippen molar-refractivity contribution in [3.05, 3.63) is 90.0 Å². The van der Waals surface area contributed by atoms with Crippen LogP contribution in [-0.4, -0.2) is 28.6 Å². The van der Waals surface area contributed by atoms with Gasteiger partial charge in [0.2, 0.25) is 0 Å². The minimum atomic E-state index is -0.293. The van der Waals surface area contributed by atoms with E-state index in [2.05, 4.69) is 21.4 Å². The Morgan fingerprint density at radius 3 is 2.72 bits per heavy atom. The molecule has 0 radical (unpaired) electrons. The number of ether oxygens (including phenoxy) is 1. The molecule has 0 aliphatic rings. The summed E-state index contributed by atoms with van der Waals surface area (Å²) in [5, 5.41) is 4.41. The fourth-order valence-corrected chi connectivity index (χ4v) is 3.89. The highest BCUT2D eigenvalue weighted by Gasteiger charge is 2.11. The number of benzene rings is 3. The molecule has 0 atom stereocenters. The van der Waals surface area contributed by atoms with Crippen molar-refractivity contribution in [2.75, 3.05) is 13.7 Å². The van der Waals surface area contributed by atoms with Crippen LogP contribution in [0.5, 0.6) is 5.75 Å². The number of pyridine rings is 1. The molecule has 160 valence electrons. The molecule has 0 fully saturated rings. The van der Waals surface area contributed by atoms with Crippen LogP contribution in [0.2, 0.25) is 0 Å². The molecule has 0 unspecified atom stereocenters. The van der Waals surface area contributed by atoms with E-state index in [1.165, 1.54) is 12.1 Å². The maximum atomic E-state index is 13.8. The van der Waals surface area contributed by atoms with Gasteiger partial charge < -0.3 is 15.0 Å². The number of hydrogen-bond donors (Lipinski definition) is 2. The number of halogens is 1. The number of aromatic nitrogens is 3. The van der Waals surface area contributed by atoms with E-state index in [1.807, 2.05) is 48.5 Å². The van der Waals surface area contributed by atoms with Gasteiger partial charge >= 0.3 is 0 Å². The summed E-state index contributed by atoms with van der Waals surface area (Å²) in [6, 6.07) is 22.6. The maximum absolute atomic E-state index is 13.8. The van der Waals surface area contributed by atoms with Gasteiger partial charge in [-0.25, -0.2) is 14.4 Å². The molecular formula is C26H23FN4O. The molecule has 2 heterocycles. The van der Waals surface area contributed by atoms with Crippen LogP contribution in [0.4, 0.5) is 4.39 Å². The summed E-state index contributed by atoms with van der Waals surface area (Å²) in [4.78, 5) is 12.8. The molecule has 3 aromatic carbocycles. The van der Waals surface area contributed by atoms with Gasteiger partial charge in [0.05, 0.1) is 29.4 Å². The molecule has 0 bridgehead atoms. The smallest absolute Gasteiger partial charge is 0.125 e. The highest BCUT2D eigenvalue weighted by molar-refractivity contribution is 5.83. The molecular weight excluding hydrogens is 403 g/mol. The van der Waals surface area contributed by atoms with E-state index in [1.54, 1.807) is 13.2 Å². The Balaban J connectivity index is 1.39. The number of nitrogens with one attached hydrogen (secondary N) is 2. The predicted octanol–water partition coefficient (Wildman–Crippen LogP) is 5.26. The number of rotatable bonds is 7. The van der Waals surface area contributed by atoms with Crippen LogP contribution in [0.3, 0.4) is 0 Å². The Kier molecular flexibility index (Phi) is 5.52. The zero-order valence-corrected chi connectivity index (χ0v) is 17.7. The zero-order valence-electron chi connectivity index (χ0n) is 17.7. The van der Waals surface area contributed by atoms with Gasteiger partial charge in [0.25, 0.3) is 0 Å². The van der Waals surface area contributed by atoms with E-state index in [0.29, 0.717) is 12.1 Å². The number of fused-ring (bicyclic) bond motifs is 2.